The van der Waals surface area contributed by atoms with Crippen molar-refractivity contribution in [3.63, 3.8) is 0 Å². The van der Waals surface area contributed by atoms with Crippen LogP contribution in [0.15, 0.2) is 36.5 Å². The maximum atomic E-state index is 13.4. The monoisotopic (exact) mass is 326 g/mol. The Kier molecular flexibility index (Phi) is 5.08. The van der Waals surface area contributed by atoms with E-state index >= 15 is 0 Å². The minimum absolute atomic E-state index is 0.140. The first-order valence-corrected chi connectivity index (χ1v) is 7.00. The standard InChI is InChI=1S/C16H17F3N2O2/c1-16(2,10-22)12-5-3-4-6-13(12)23-9-11-7-8-20-21(11)15(19)14(17)18/h3-8,10,14-15H,9H2,1-2H3. The molecule has 1 aromatic heterocycles. The normalized spacial score (nSPS) is 13.1. The fourth-order valence-corrected chi connectivity index (χ4v) is 2.12. The van der Waals surface area contributed by atoms with Crippen molar-refractivity contribution >= 4 is 6.29 Å². The van der Waals surface area contributed by atoms with Gasteiger partial charge in [0.1, 0.15) is 18.6 Å². The van der Waals surface area contributed by atoms with E-state index in [1.807, 2.05) is 0 Å². The molecule has 1 unspecified atom stereocenters. The van der Waals surface area contributed by atoms with Crippen molar-refractivity contribution < 1.29 is 22.7 Å². The molecule has 7 heteroatoms. The van der Waals surface area contributed by atoms with Crippen molar-refractivity contribution in [1.82, 2.24) is 9.78 Å². The Morgan fingerprint density at radius 3 is 2.61 bits per heavy atom. The highest BCUT2D eigenvalue weighted by molar-refractivity contribution is 5.69. The Morgan fingerprint density at radius 1 is 1.26 bits per heavy atom. The van der Waals surface area contributed by atoms with Gasteiger partial charge in [-0.3, -0.25) is 0 Å². The number of aldehydes is 1. The lowest BCUT2D eigenvalue weighted by Crippen LogP contribution is -2.21. The van der Waals surface area contributed by atoms with Crippen LogP contribution in [0.3, 0.4) is 0 Å². The third-order valence-corrected chi connectivity index (χ3v) is 3.45. The molecular weight excluding hydrogens is 309 g/mol. The number of halogens is 3. The topological polar surface area (TPSA) is 44.1 Å². The minimum atomic E-state index is -3.17. The van der Waals surface area contributed by atoms with Gasteiger partial charge in [-0.1, -0.05) is 18.2 Å². The summed E-state index contributed by atoms with van der Waals surface area (Å²) in [5.41, 5.74) is 0.0749. The molecular formula is C16H17F3N2O2. The van der Waals surface area contributed by atoms with Crippen LogP contribution in [0.5, 0.6) is 5.75 Å². The first kappa shape index (κ1) is 17.1. The average Bonchev–Trinajstić information content (AvgIpc) is 3.00. The molecule has 0 amide bonds. The highest BCUT2D eigenvalue weighted by Gasteiger charge is 2.26. The number of hydrogen-bond acceptors (Lipinski definition) is 3. The van der Waals surface area contributed by atoms with E-state index in [-0.39, 0.29) is 12.3 Å². The number of benzene rings is 1. The van der Waals surface area contributed by atoms with Crippen molar-refractivity contribution in [2.45, 2.75) is 38.6 Å². The van der Waals surface area contributed by atoms with E-state index in [1.54, 1.807) is 38.1 Å². The van der Waals surface area contributed by atoms with E-state index < -0.39 is 18.1 Å². The summed E-state index contributed by atoms with van der Waals surface area (Å²) < 4.78 is 44.6. The fourth-order valence-electron chi connectivity index (χ4n) is 2.12. The number of para-hydroxylation sites is 1. The predicted octanol–water partition coefficient (Wildman–Crippen LogP) is 3.67. The molecule has 2 aromatic rings. The molecule has 0 N–H and O–H groups in total. The molecule has 4 nitrogen and oxygen atoms in total. The highest BCUT2D eigenvalue weighted by Crippen LogP contribution is 2.30. The number of hydrogen-bond donors (Lipinski definition) is 0. The molecule has 2 rings (SSSR count). The third-order valence-electron chi connectivity index (χ3n) is 3.45. The lowest BCUT2D eigenvalue weighted by molar-refractivity contribution is -0.111. The van der Waals surface area contributed by atoms with E-state index in [9.17, 15) is 18.0 Å². The lowest BCUT2D eigenvalue weighted by Gasteiger charge is -2.21. The average molecular weight is 326 g/mol. The minimum Gasteiger partial charge on any atom is -0.487 e. The number of carbonyl (C=O) groups excluding carboxylic acids is 1. The van der Waals surface area contributed by atoms with Crippen molar-refractivity contribution in [2.75, 3.05) is 0 Å². The number of rotatable bonds is 7. The van der Waals surface area contributed by atoms with Gasteiger partial charge in [-0.25, -0.2) is 17.9 Å². The van der Waals surface area contributed by atoms with E-state index in [0.717, 1.165) is 6.29 Å². The van der Waals surface area contributed by atoms with Gasteiger partial charge in [0.25, 0.3) is 12.7 Å². The molecule has 0 aliphatic rings. The summed E-state index contributed by atoms with van der Waals surface area (Å²) in [5.74, 6) is 0.435. The first-order chi connectivity index (χ1) is 10.9. The number of carbonyl (C=O) groups is 1. The van der Waals surface area contributed by atoms with Crippen molar-refractivity contribution in [3.05, 3.63) is 47.8 Å². The smallest absolute Gasteiger partial charge is 0.289 e. The zero-order valence-corrected chi connectivity index (χ0v) is 12.7. The fraction of sp³-hybridized carbons (Fsp3) is 0.375. The molecule has 0 aliphatic carbocycles. The number of alkyl halides is 3. The van der Waals surface area contributed by atoms with Gasteiger partial charge >= 0.3 is 0 Å². The molecule has 0 aliphatic heterocycles. The second-order valence-corrected chi connectivity index (χ2v) is 5.60. The van der Waals surface area contributed by atoms with Crippen LogP contribution in [0.25, 0.3) is 0 Å². The quantitative estimate of drug-likeness (QED) is 0.729. The van der Waals surface area contributed by atoms with Crippen molar-refractivity contribution in [3.8, 4) is 5.75 Å². The summed E-state index contributed by atoms with van der Waals surface area (Å²) in [6, 6.07) is 8.32. The van der Waals surface area contributed by atoms with Crippen molar-refractivity contribution in [2.24, 2.45) is 0 Å². The van der Waals surface area contributed by atoms with Crippen LogP contribution in [0.1, 0.15) is 31.4 Å². The van der Waals surface area contributed by atoms with Crippen LogP contribution >= 0.6 is 0 Å². The van der Waals surface area contributed by atoms with E-state index in [4.69, 9.17) is 4.74 Å². The number of aromatic nitrogens is 2. The van der Waals surface area contributed by atoms with Gasteiger partial charge in [0.15, 0.2) is 0 Å². The van der Waals surface area contributed by atoms with Crippen LogP contribution in [0.4, 0.5) is 13.2 Å². The SMILES string of the molecule is CC(C)(C=O)c1ccccc1OCc1ccnn1C(F)C(F)F. The van der Waals surface area contributed by atoms with Gasteiger partial charge in [0.2, 0.25) is 0 Å². The molecule has 1 atom stereocenters. The van der Waals surface area contributed by atoms with E-state index in [1.165, 1.54) is 12.3 Å². The van der Waals surface area contributed by atoms with Crippen LogP contribution in [0.2, 0.25) is 0 Å². The second-order valence-electron chi connectivity index (χ2n) is 5.60. The molecule has 124 valence electrons. The lowest BCUT2D eigenvalue weighted by atomic mass is 9.86. The summed E-state index contributed by atoms with van der Waals surface area (Å²) >= 11 is 0. The molecule has 0 bridgehead atoms. The summed E-state index contributed by atoms with van der Waals surface area (Å²) in [6.07, 6.45) is -3.66. The first-order valence-electron chi connectivity index (χ1n) is 7.00. The van der Waals surface area contributed by atoms with E-state index in [0.29, 0.717) is 16.0 Å². The second kappa shape index (κ2) is 6.85. The third kappa shape index (κ3) is 3.72. The Bertz CT molecular complexity index is 671. The van der Waals surface area contributed by atoms with Gasteiger partial charge < -0.3 is 9.53 Å². The molecule has 0 spiro atoms. The summed E-state index contributed by atoms with van der Waals surface area (Å²) in [5, 5.41) is 3.56. The Labute approximate surface area is 131 Å². The van der Waals surface area contributed by atoms with Gasteiger partial charge in [0.05, 0.1) is 5.69 Å². The highest BCUT2D eigenvalue weighted by atomic mass is 19.3. The van der Waals surface area contributed by atoms with Crippen molar-refractivity contribution in [1.29, 1.82) is 0 Å². The predicted molar refractivity (Wildman–Crippen MR) is 78.2 cm³/mol. The maximum Gasteiger partial charge on any atom is 0.289 e. The van der Waals surface area contributed by atoms with Gasteiger partial charge in [-0.05, 0) is 26.0 Å². The zero-order chi connectivity index (χ0) is 17.0. The zero-order valence-electron chi connectivity index (χ0n) is 12.7. The molecule has 23 heavy (non-hydrogen) atoms. The maximum absolute atomic E-state index is 13.4. The number of ether oxygens (including phenoxy) is 1. The molecule has 1 heterocycles. The Balaban J connectivity index is 2.20. The largest absolute Gasteiger partial charge is 0.487 e. The van der Waals surface area contributed by atoms with Gasteiger partial charge in [-0.15, -0.1) is 0 Å². The molecule has 0 radical (unpaired) electrons. The molecule has 0 fully saturated rings. The summed E-state index contributed by atoms with van der Waals surface area (Å²) in [7, 11) is 0. The van der Waals surface area contributed by atoms with E-state index in [2.05, 4.69) is 5.10 Å². The van der Waals surface area contributed by atoms with Crippen LogP contribution in [-0.2, 0) is 16.8 Å². The molecule has 1 aromatic carbocycles. The summed E-state index contributed by atoms with van der Waals surface area (Å²) in [4.78, 5) is 11.2. The molecule has 0 saturated carbocycles. The molecule has 0 saturated heterocycles. The Morgan fingerprint density at radius 2 is 1.96 bits per heavy atom. The summed E-state index contributed by atoms with van der Waals surface area (Å²) in [6.45, 7) is 3.33. The van der Waals surface area contributed by atoms with Gasteiger partial charge in [0, 0.05) is 17.2 Å². The van der Waals surface area contributed by atoms with Crippen LogP contribution in [-0.4, -0.2) is 22.5 Å². The number of nitrogens with zero attached hydrogens (tertiary/aromatic N) is 2. The Hall–Kier alpha value is -2.31. The van der Waals surface area contributed by atoms with Gasteiger partial charge in [-0.2, -0.15) is 5.10 Å². The van der Waals surface area contributed by atoms with Crippen LogP contribution < -0.4 is 4.74 Å². The van der Waals surface area contributed by atoms with Crippen LogP contribution in [0, 0.1) is 0 Å².